The van der Waals surface area contributed by atoms with Crippen LogP contribution in [0.25, 0.3) is 11.0 Å². The molecule has 24 heavy (non-hydrogen) atoms. The van der Waals surface area contributed by atoms with Crippen LogP contribution in [0.15, 0.2) is 23.6 Å². The van der Waals surface area contributed by atoms with E-state index in [0.717, 1.165) is 36.4 Å². The molecule has 0 bridgehead atoms. The van der Waals surface area contributed by atoms with Crippen LogP contribution in [0, 0.1) is 5.92 Å². The first-order chi connectivity index (χ1) is 11.6. The Morgan fingerprint density at radius 3 is 3.08 bits per heavy atom. The Hall–Kier alpha value is -2.44. The SMILES string of the molecule is C[C@@H]1CCN(C(=O)CC2C=N2)C[C@@H]1N(C)c1ncnc2[nH]ccc12. The number of rotatable bonds is 4. The number of aromatic nitrogens is 3. The summed E-state index contributed by atoms with van der Waals surface area (Å²) < 4.78 is 0. The van der Waals surface area contributed by atoms with E-state index in [1.54, 1.807) is 6.33 Å². The van der Waals surface area contributed by atoms with Crippen LogP contribution in [0.1, 0.15) is 19.8 Å². The number of nitrogens with one attached hydrogen (secondary N) is 1. The van der Waals surface area contributed by atoms with E-state index in [1.165, 1.54) is 0 Å². The van der Waals surface area contributed by atoms with Crippen molar-refractivity contribution in [3.8, 4) is 0 Å². The number of amides is 1. The van der Waals surface area contributed by atoms with E-state index >= 15 is 0 Å². The molecule has 1 N–H and O–H groups in total. The molecule has 0 saturated carbocycles. The van der Waals surface area contributed by atoms with Crippen LogP contribution in [0.5, 0.6) is 0 Å². The third-order valence-electron chi connectivity index (χ3n) is 5.18. The second-order valence-electron chi connectivity index (χ2n) is 6.79. The van der Waals surface area contributed by atoms with Gasteiger partial charge in [0, 0.05) is 32.5 Å². The average molecular weight is 326 g/mol. The van der Waals surface area contributed by atoms with Gasteiger partial charge >= 0.3 is 0 Å². The van der Waals surface area contributed by atoms with Crippen molar-refractivity contribution in [2.45, 2.75) is 31.8 Å². The number of likely N-dealkylation sites (tertiary alicyclic amines) is 1. The lowest BCUT2D eigenvalue weighted by atomic mass is 9.92. The predicted octanol–water partition coefficient (Wildman–Crippen LogP) is 1.47. The number of carbonyl (C=O) groups is 1. The van der Waals surface area contributed by atoms with Gasteiger partial charge in [0.2, 0.25) is 5.91 Å². The molecule has 4 rings (SSSR count). The number of carbonyl (C=O) groups excluding carboxylic acids is 1. The second-order valence-corrected chi connectivity index (χ2v) is 6.79. The molecule has 126 valence electrons. The number of anilines is 1. The fourth-order valence-electron chi connectivity index (χ4n) is 3.55. The molecular formula is C17H22N6O. The van der Waals surface area contributed by atoms with E-state index < -0.39 is 0 Å². The van der Waals surface area contributed by atoms with Gasteiger partial charge in [-0.1, -0.05) is 6.92 Å². The molecule has 0 aliphatic carbocycles. The van der Waals surface area contributed by atoms with Crippen LogP contribution in [0.4, 0.5) is 5.82 Å². The minimum absolute atomic E-state index is 0.148. The Bertz CT molecular complexity index is 778. The summed E-state index contributed by atoms with van der Waals surface area (Å²) in [6, 6.07) is 2.40. The van der Waals surface area contributed by atoms with Crippen molar-refractivity contribution in [3.63, 3.8) is 0 Å². The third-order valence-corrected chi connectivity index (χ3v) is 5.18. The Balaban J connectivity index is 1.54. The molecule has 0 spiro atoms. The molecular weight excluding hydrogens is 304 g/mol. The molecule has 2 aliphatic rings. The van der Waals surface area contributed by atoms with Gasteiger partial charge in [0.15, 0.2) is 0 Å². The van der Waals surface area contributed by atoms with Crippen LogP contribution in [0.3, 0.4) is 0 Å². The van der Waals surface area contributed by atoms with Gasteiger partial charge in [-0.25, -0.2) is 9.97 Å². The molecule has 7 nitrogen and oxygen atoms in total. The first kappa shape index (κ1) is 15.1. The number of hydrogen-bond acceptors (Lipinski definition) is 5. The smallest absolute Gasteiger partial charge is 0.225 e. The van der Waals surface area contributed by atoms with Crippen molar-refractivity contribution in [1.29, 1.82) is 0 Å². The Morgan fingerprint density at radius 2 is 2.29 bits per heavy atom. The van der Waals surface area contributed by atoms with Gasteiger partial charge in [0.1, 0.15) is 17.8 Å². The fraction of sp³-hybridized carbons (Fsp3) is 0.529. The van der Waals surface area contributed by atoms with Gasteiger partial charge in [-0.05, 0) is 18.4 Å². The van der Waals surface area contributed by atoms with Crippen LogP contribution in [-0.2, 0) is 4.79 Å². The number of piperidine rings is 1. The molecule has 1 saturated heterocycles. The van der Waals surface area contributed by atoms with E-state index in [2.05, 4.69) is 38.8 Å². The minimum Gasteiger partial charge on any atom is -0.354 e. The summed E-state index contributed by atoms with van der Waals surface area (Å²) >= 11 is 0. The van der Waals surface area contributed by atoms with Crippen molar-refractivity contribution in [1.82, 2.24) is 19.9 Å². The average Bonchev–Trinajstić information content (AvgIpc) is 3.26. The number of H-pyrrole nitrogens is 1. The molecule has 1 fully saturated rings. The van der Waals surface area contributed by atoms with E-state index in [1.807, 2.05) is 23.4 Å². The summed E-state index contributed by atoms with van der Waals surface area (Å²) in [6.07, 6.45) is 6.84. The molecule has 2 aromatic rings. The first-order valence-electron chi connectivity index (χ1n) is 8.45. The molecule has 1 unspecified atom stereocenters. The molecule has 7 heteroatoms. The van der Waals surface area contributed by atoms with Gasteiger partial charge in [-0.15, -0.1) is 0 Å². The van der Waals surface area contributed by atoms with Gasteiger partial charge in [0.05, 0.1) is 23.9 Å². The molecule has 3 atom stereocenters. The van der Waals surface area contributed by atoms with Crippen molar-refractivity contribution in [2.75, 3.05) is 25.0 Å². The van der Waals surface area contributed by atoms with E-state index in [4.69, 9.17) is 0 Å². The highest BCUT2D eigenvalue weighted by Gasteiger charge is 2.33. The van der Waals surface area contributed by atoms with E-state index in [9.17, 15) is 4.79 Å². The maximum Gasteiger partial charge on any atom is 0.225 e. The maximum atomic E-state index is 12.4. The second kappa shape index (κ2) is 5.89. The molecule has 1 amide bonds. The Kier molecular flexibility index (Phi) is 3.70. The maximum absolute atomic E-state index is 12.4. The number of likely N-dealkylation sites (N-methyl/N-ethyl adjacent to an activating group) is 1. The van der Waals surface area contributed by atoms with Crippen LogP contribution >= 0.6 is 0 Å². The van der Waals surface area contributed by atoms with Crippen LogP contribution < -0.4 is 4.90 Å². The molecule has 2 aromatic heterocycles. The number of hydrogen-bond donors (Lipinski definition) is 1. The van der Waals surface area contributed by atoms with Gasteiger partial charge in [-0.3, -0.25) is 9.79 Å². The van der Waals surface area contributed by atoms with E-state index in [0.29, 0.717) is 12.3 Å². The molecule has 0 aromatic carbocycles. The highest BCUT2D eigenvalue weighted by Crippen LogP contribution is 2.29. The van der Waals surface area contributed by atoms with E-state index in [-0.39, 0.29) is 18.0 Å². The number of aliphatic imine (C=N–C) groups is 1. The predicted molar refractivity (Wildman–Crippen MR) is 93.3 cm³/mol. The largest absolute Gasteiger partial charge is 0.354 e. The molecule has 2 aliphatic heterocycles. The summed E-state index contributed by atoms with van der Waals surface area (Å²) in [6.45, 7) is 3.82. The Labute approximate surface area is 140 Å². The van der Waals surface area contributed by atoms with Crippen molar-refractivity contribution in [2.24, 2.45) is 10.9 Å². The standard InChI is InChI=1S/C17H22N6O/c1-11-4-6-23(15(24)7-12-8-19-12)9-14(11)22(2)17-13-3-5-18-16(13)20-10-21-17/h3,5,8,10-12,14H,4,6-7,9H2,1-2H3,(H,18,20,21)/t11-,12?,14+/m1/s1. The zero-order chi connectivity index (χ0) is 16.7. The summed E-state index contributed by atoms with van der Waals surface area (Å²) in [5.41, 5.74) is 0.842. The minimum atomic E-state index is 0.148. The lowest BCUT2D eigenvalue weighted by Gasteiger charge is -2.42. The third kappa shape index (κ3) is 2.74. The molecule has 0 radical (unpaired) electrons. The Morgan fingerprint density at radius 1 is 1.46 bits per heavy atom. The van der Waals surface area contributed by atoms with Gasteiger partial charge in [-0.2, -0.15) is 0 Å². The number of fused-ring (bicyclic) bond motifs is 1. The lowest BCUT2D eigenvalue weighted by molar-refractivity contribution is -0.132. The van der Waals surface area contributed by atoms with Gasteiger partial charge < -0.3 is 14.8 Å². The zero-order valence-corrected chi connectivity index (χ0v) is 14.0. The normalized spacial score (nSPS) is 25.9. The zero-order valence-electron chi connectivity index (χ0n) is 14.0. The van der Waals surface area contributed by atoms with Gasteiger partial charge in [0.25, 0.3) is 0 Å². The lowest BCUT2D eigenvalue weighted by Crippen LogP contribution is -2.53. The number of nitrogens with zero attached hydrogens (tertiary/aromatic N) is 5. The highest BCUT2D eigenvalue weighted by molar-refractivity contribution is 5.88. The van der Waals surface area contributed by atoms with Crippen LogP contribution in [0.2, 0.25) is 0 Å². The monoisotopic (exact) mass is 326 g/mol. The van der Waals surface area contributed by atoms with Crippen molar-refractivity contribution < 1.29 is 4.79 Å². The first-order valence-corrected chi connectivity index (χ1v) is 8.45. The summed E-state index contributed by atoms with van der Waals surface area (Å²) in [4.78, 5) is 32.6. The summed E-state index contributed by atoms with van der Waals surface area (Å²) in [5.74, 6) is 1.62. The summed E-state index contributed by atoms with van der Waals surface area (Å²) in [5, 5.41) is 1.02. The van der Waals surface area contributed by atoms with Crippen molar-refractivity contribution >= 4 is 29.0 Å². The molecule has 4 heterocycles. The summed E-state index contributed by atoms with van der Waals surface area (Å²) in [7, 11) is 2.06. The fourth-order valence-corrected chi connectivity index (χ4v) is 3.55. The van der Waals surface area contributed by atoms with Crippen molar-refractivity contribution in [3.05, 3.63) is 18.6 Å². The highest BCUT2D eigenvalue weighted by atomic mass is 16.2. The topological polar surface area (TPSA) is 77.5 Å². The quantitative estimate of drug-likeness (QED) is 0.923. The number of aromatic amines is 1. The van der Waals surface area contributed by atoms with Crippen LogP contribution in [-0.4, -0.2) is 64.2 Å².